The molecule has 0 aromatic carbocycles. The molecule has 0 saturated heterocycles. The fourth-order valence-corrected chi connectivity index (χ4v) is 1.62. The number of aryl methyl sites for hydroxylation is 1. The Morgan fingerprint density at radius 3 is 2.77 bits per heavy atom. The molecule has 1 rings (SSSR count). The first-order valence-electron chi connectivity index (χ1n) is 3.67. The van der Waals surface area contributed by atoms with Gasteiger partial charge in [-0.1, -0.05) is 11.5 Å². The second kappa shape index (κ2) is 3.71. The zero-order valence-corrected chi connectivity index (χ0v) is 7.85. The van der Waals surface area contributed by atoms with E-state index >= 15 is 0 Å². The van der Waals surface area contributed by atoms with Crippen molar-refractivity contribution >= 4 is 17.5 Å². The van der Waals surface area contributed by atoms with Crippen LogP contribution in [-0.4, -0.2) is 21.5 Å². The molecule has 6 heteroatoms. The molecule has 1 atom stereocenters. The highest BCUT2D eigenvalue weighted by Crippen LogP contribution is 2.08. The summed E-state index contributed by atoms with van der Waals surface area (Å²) >= 11 is 1.20. The fraction of sp³-hybridized carbons (Fsp3) is 0.429. The number of H-pyrrole nitrogens is 1. The van der Waals surface area contributed by atoms with Gasteiger partial charge in [0, 0.05) is 16.9 Å². The highest BCUT2D eigenvalue weighted by atomic mass is 32.1. The Labute approximate surface area is 78.3 Å². The van der Waals surface area contributed by atoms with E-state index in [-0.39, 0.29) is 12.0 Å². The van der Waals surface area contributed by atoms with E-state index in [4.69, 9.17) is 10.8 Å². The molecule has 0 spiro atoms. The highest BCUT2D eigenvalue weighted by molar-refractivity contribution is 7.05. The van der Waals surface area contributed by atoms with Crippen LogP contribution in [0.3, 0.4) is 0 Å². The van der Waals surface area contributed by atoms with Crippen LogP contribution in [0.4, 0.5) is 0 Å². The number of carboxylic acid groups (broad SMARTS) is 1. The minimum absolute atomic E-state index is 0.0833. The molecule has 0 bridgehead atoms. The number of aromatic amines is 1. The van der Waals surface area contributed by atoms with Gasteiger partial charge in [0.05, 0.1) is 0 Å². The average molecular weight is 202 g/mol. The van der Waals surface area contributed by atoms with Gasteiger partial charge in [-0.25, -0.2) is 0 Å². The van der Waals surface area contributed by atoms with E-state index in [9.17, 15) is 9.59 Å². The number of hydrogen-bond acceptors (Lipinski definition) is 4. The van der Waals surface area contributed by atoms with Crippen molar-refractivity contribution in [3.05, 3.63) is 20.8 Å². The van der Waals surface area contributed by atoms with Crippen LogP contribution in [0.5, 0.6) is 0 Å². The Morgan fingerprint density at radius 1 is 1.77 bits per heavy atom. The summed E-state index contributed by atoms with van der Waals surface area (Å²) in [5, 5.41) is 8.53. The van der Waals surface area contributed by atoms with Gasteiger partial charge in [-0.2, -0.15) is 0 Å². The lowest BCUT2D eigenvalue weighted by molar-refractivity contribution is -0.138. The van der Waals surface area contributed by atoms with Crippen LogP contribution < -0.4 is 11.3 Å². The Hall–Kier alpha value is -1.14. The number of aliphatic carboxylic acids is 1. The van der Waals surface area contributed by atoms with E-state index in [1.54, 1.807) is 6.92 Å². The molecule has 1 heterocycles. The van der Waals surface area contributed by atoms with Crippen molar-refractivity contribution < 1.29 is 9.90 Å². The number of rotatable bonds is 3. The lowest BCUT2D eigenvalue weighted by atomic mass is 10.1. The van der Waals surface area contributed by atoms with Gasteiger partial charge in [-0.15, -0.1) is 0 Å². The first kappa shape index (κ1) is 9.94. The molecular weight excluding hydrogens is 192 g/mol. The summed E-state index contributed by atoms with van der Waals surface area (Å²) in [5.41, 5.74) is 5.53. The maximum atomic E-state index is 11.1. The standard InChI is InChI=1S/C7H10N2O3S/c1-3-4(6(10)9-13-3)2-5(8)7(11)12/h5H,2,8H2,1H3,(H,9,10)(H,11,12)/t5-/m1/s1. The van der Waals surface area contributed by atoms with Gasteiger partial charge in [0.1, 0.15) is 6.04 Å². The molecule has 5 nitrogen and oxygen atoms in total. The third kappa shape index (κ3) is 2.16. The van der Waals surface area contributed by atoms with Crippen molar-refractivity contribution in [2.45, 2.75) is 19.4 Å². The number of nitrogens with one attached hydrogen (secondary N) is 1. The van der Waals surface area contributed by atoms with E-state index in [1.165, 1.54) is 11.5 Å². The zero-order valence-electron chi connectivity index (χ0n) is 7.03. The van der Waals surface area contributed by atoms with Crippen LogP contribution in [0.25, 0.3) is 0 Å². The molecular formula is C7H10N2O3S. The predicted octanol–water partition coefficient (Wildman–Crippen LogP) is -0.301. The van der Waals surface area contributed by atoms with Crippen molar-refractivity contribution in [2.75, 3.05) is 0 Å². The smallest absolute Gasteiger partial charge is 0.320 e. The van der Waals surface area contributed by atoms with Crippen LogP contribution >= 0.6 is 11.5 Å². The molecule has 0 fully saturated rings. The molecule has 0 radical (unpaired) electrons. The van der Waals surface area contributed by atoms with Crippen LogP contribution in [0, 0.1) is 6.92 Å². The first-order valence-corrected chi connectivity index (χ1v) is 4.49. The van der Waals surface area contributed by atoms with Gasteiger partial charge in [-0.3, -0.25) is 14.0 Å². The second-order valence-corrected chi connectivity index (χ2v) is 3.74. The van der Waals surface area contributed by atoms with Gasteiger partial charge in [-0.05, 0) is 6.92 Å². The van der Waals surface area contributed by atoms with E-state index in [1.807, 2.05) is 0 Å². The maximum absolute atomic E-state index is 11.1. The lowest BCUT2D eigenvalue weighted by Crippen LogP contribution is -2.33. The summed E-state index contributed by atoms with van der Waals surface area (Å²) in [6.45, 7) is 1.76. The minimum atomic E-state index is -1.09. The van der Waals surface area contributed by atoms with Gasteiger partial charge in [0.25, 0.3) is 5.56 Å². The van der Waals surface area contributed by atoms with Crippen LogP contribution in [-0.2, 0) is 11.2 Å². The monoisotopic (exact) mass is 202 g/mol. The van der Waals surface area contributed by atoms with E-state index in [0.29, 0.717) is 5.56 Å². The van der Waals surface area contributed by atoms with Crippen molar-refractivity contribution in [3.8, 4) is 0 Å². The summed E-state index contributed by atoms with van der Waals surface area (Å²) in [5.74, 6) is -1.09. The van der Waals surface area contributed by atoms with Crippen LogP contribution in [0.15, 0.2) is 4.79 Å². The molecule has 0 saturated carbocycles. The first-order chi connectivity index (χ1) is 6.02. The van der Waals surface area contributed by atoms with Crippen molar-refractivity contribution in [1.29, 1.82) is 0 Å². The molecule has 0 aliphatic rings. The SMILES string of the molecule is Cc1s[nH]c(=O)c1C[C@@H](N)C(=O)O. The van der Waals surface area contributed by atoms with Gasteiger partial charge in [0.2, 0.25) is 0 Å². The quantitative estimate of drug-likeness (QED) is 0.627. The van der Waals surface area contributed by atoms with E-state index in [2.05, 4.69) is 4.37 Å². The fourth-order valence-electron chi connectivity index (χ4n) is 0.950. The van der Waals surface area contributed by atoms with Crippen molar-refractivity contribution in [1.82, 2.24) is 4.37 Å². The summed E-state index contributed by atoms with van der Waals surface area (Å²) in [4.78, 5) is 22.3. The molecule has 4 N–H and O–H groups in total. The predicted molar refractivity (Wildman–Crippen MR) is 49.0 cm³/mol. The van der Waals surface area contributed by atoms with Gasteiger partial charge < -0.3 is 10.8 Å². The Kier molecular flexibility index (Phi) is 2.84. The summed E-state index contributed by atoms with van der Waals surface area (Å²) in [7, 11) is 0. The number of carboxylic acids is 1. The topological polar surface area (TPSA) is 96.2 Å². The third-order valence-electron chi connectivity index (χ3n) is 1.74. The normalized spacial score (nSPS) is 12.8. The molecule has 0 aliphatic carbocycles. The summed E-state index contributed by atoms with van der Waals surface area (Å²) in [6.07, 6.45) is 0.0833. The Morgan fingerprint density at radius 2 is 2.38 bits per heavy atom. The average Bonchev–Trinajstić information content (AvgIpc) is 2.35. The molecule has 0 amide bonds. The lowest BCUT2D eigenvalue weighted by Gasteiger charge is -2.03. The Balaban J connectivity index is 2.85. The third-order valence-corrected chi connectivity index (χ3v) is 2.58. The molecule has 1 aromatic rings. The number of hydrogen-bond donors (Lipinski definition) is 3. The van der Waals surface area contributed by atoms with Crippen molar-refractivity contribution in [2.24, 2.45) is 5.73 Å². The number of nitrogens with two attached hydrogens (primary N) is 1. The van der Waals surface area contributed by atoms with E-state index in [0.717, 1.165) is 4.88 Å². The molecule has 0 aliphatic heterocycles. The molecule has 1 aromatic heterocycles. The summed E-state index contributed by atoms with van der Waals surface area (Å²) in [6, 6.07) is -1.01. The van der Waals surface area contributed by atoms with Crippen LogP contribution in [0.1, 0.15) is 10.4 Å². The number of carbonyl (C=O) groups is 1. The number of aromatic nitrogens is 1. The highest BCUT2D eigenvalue weighted by Gasteiger charge is 2.16. The van der Waals surface area contributed by atoms with E-state index < -0.39 is 12.0 Å². The largest absolute Gasteiger partial charge is 0.480 e. The molecule has 13 heavy (non-hydrogen) atoms. The zero-order chi connectivity index (χ0) is 10.0. The van der Waals surface area contributed by atoms with Crippen LogP contribution in [0.2, 0.25) is 0 Å². The molecule has 72 valence electrons. The van der Waals surface area contributed by atoms with Gasteiger partial charge in [0.15, 0.2) is 0 Å². The second-order valence-electron chi connectivity index (χ2n) is 2.72. The van der Waals surface area contributed by atoms with Gasteiger partial charge >= 0.3 is 5.97 Å². The maximum Gasteiger partial charge on any atom is 0.320 e. The van der Waals surface area contributed by atoms with Crippen molar-refractivity contribution in [3.63, 3.8) is 0 Å². The summed E-state index contributed by atoms with van der Waals surface area (Å²) < 4.78 is 2.52. The Bertz CT molecular complexity index is 368. The molecule has 0 unspecified atom stereocenters. The minimum Gasteiger partial charge on any atom is -0.480 e.